The maximum Gasteiger partial charge on any atom is 0.243 e. The highest BCUT2D eigenvalue weighted by molar-refractivity contribution is 5.84. The zero-order valence-corrected chi connectivity index (χ0v) is 14.0. The van der Waals surface area contributed by atoms with E-state index >= 15 is 0 Å². The first-order chi connectivity index (χ1) is 9.72. The van der Waals surface area contributed by atoms with Crippen LogP contribution in [0.5, 0.6) is 0 Å². The van der Waals surface area contributed by atoms with Crippen molar-refractivity contribution in [2.24, 2.45) is 0 Å². The van der Waals surface area contributed by atoms with Crippen LogP contribution >= 0.6 is 0 Å². The average Bonchev–Trinajstić information content (AvgIpc) is 2.78. The molecule has 1 fully saturated rings. The van der Waals surface area contributed by atoms with Gasteiger partial charge >= 0.3 is 0 Å². The smallest absolute Gasteiger partial charge is 0.243 e. The lowest BCUT2D eigenvalue weighted by molar-refractivity contribution is -0.126. The number of anilines is 1. The molecule has 116 valence electrons. The van der Waals surface area contributed by atoms with Gasteiger partial charge in [0.2, 0.25) is 5.91 Å². The molecule has 5 nitrogen and oxygen atoms in total. The van der Waals surface area contributed by atoms with Crippen molar-refractivity contribution >= 4 is 11.7 Å². The van der Waals surface area contributed by atoms with Crippen molar-refractivity contribution in [1.29, 1.82) is 0 Å². The summed E-state index contributed by atoms with van der Waals surface area (Å²) in [6.07, 6.45) is 0. The number of hydrogen-bond acceptors (Lipinski definition) is 4. The van der Waals surface area contributed by atoms with Gasteiger partial charge in [0.1, 0.15) is 18.2 Å². The fourth-order valence-electron chi connectivity index (χ4n) is 2.29. The van der Waals surface area contributed by atoms with Crippen molar-refractivity contribution in [2.75, 3.05) is 24.7 Å². The third-order valence-electron chi connectivity index (χ3n) is 3.74. The van der Waals surface area contributed by atoms with E-state index in [9.17, 15) is 4.79 Å². The van der Waals surface area contributed by atoms with E-state index in [0.717, 1.165) is 23.9 Å². The van der Waals surface area contributed by atoms with E-state index in [2.05, 4.69) is 39.6 Å². The van der Waals surface area contributed by atoms with Gasteiger partial charge in [-0.2, -0.15) is 0 Å². The molecule has 1 amide bonds. The quantitative estimate of drug-likeness (QED) is 0.858. The summed E-state index contributed by atoms with van der Waals surface area (Å²) in [4.78, 5) is 25.2. The molecule has 0 spiro atoms. The maximum absolute atomic E-state index is 11.9. The molecule has 0 radical (unpaired) electrons. The highest BCUT2D eigenvalue weighted by atomic mass is 16.2. The number of carbonyl (C=O) groups is 1. The van der Waals surface area contributed by atoms with Gasteiger partial charge in [-0.15, -0.1) is 0 Å². The Bertz CT molecular complexity index is 534. The molecule has 0 aliphatic carbocycles. The second kappa shape index (κ2) is 5.62. The van der Waals surface area contributed by atoms with E-state index in [-0.39, 0.29) is 17.2 Å². The summed E-state index contributed by atoms with van der Waals surface area (Å²) < 4.78 is 0. The normalized spacial score (nSPS) is 16.2. The van der Waals surface area contributed by atoms with Crippen LogP contribution in [0.4, 0.5) is 5.82 Å². The van der Waals surface area contributed by atoms with E-state index in [1.165, 1.54) is 0 Å². The Morgan fingerprint density at radius 2 is 1.95 bits per heavy atom. The van der Waals surface area contributed by atoms with Crippen molar-refractivity contribution in [3.8, 4) is 0 Å². The molecule has 0 aromatic carbocycles. The third-order valence-corrected chi connectivity index (χ3v) is 3.74. The molecule has 1 aromatic rings. The molecule has 1 aliphatic heterocycles. The first-order valence-electron chi connectivity index (χ1n) is 7.64. The first-order valence-corrected chi connectivity index (χ1v) is 7.64. The molecule has 21 heavy (non-hydrogen) atoms. The highest BCUT2D eigenvalue weighted by Crippen LogP contribution is 2.27. The van der Waals surface area contributed by atoms with E-state index in [4.69, 9.17) is 4.98 Å². The van der Waals surface area contributed by atoms with Gasteiger partial charge in [0.05, 0.1) is 12.4 Å². The number of amides is 1. The van der Waals surface area contributed by atoms with Crippen LogP contribution < -0.4 is 4.90 Å². The van der Waals surface area contributed by atoms with Crippen LogP contribution in [0.1, 0.15) is 59.0 Å². The number of hydrogen-bond donors (Lipinski definition) is 0. The molecule has 1 aromatic heterocycles. The molecule has 5 heteroatoms. The van der Waals surface area contributed by atoms with Crippen LogP contribution in [-0.2, 0) is 10.2 Å². The van der Waals surface area contributed by atoms with Crippen molar-refractivity contribution in [3.63, 3.8) is 0 Å². The minimum absolute atomic E-state index is 0.0322. The van der Waals surface area contributed by atoms with Gasteiger partial charge in [0.15, 0.2) is 0 Å². The van der Waals surface area contributed by atoms with E-state index in [1.54, 1.807) is 0 Å². The van der Waals surface area contributed by atoms with Crippen LogP contribution in [0, 0.1) is 0 Å². The molecule has 0 bridgehead atoms. The van der Waals surface area contributed by atoms with Gasteiger partial charge in [0.25, 0.3) is 0 Å². The van der Waals surface area contributed by atoms with Crippen LogP contribution in [-0.4, -0.2) is 40.5 Å². The minimum atomic E-state index is -0.0322. The Hall–Kier alpha value is -1.65. The van der Waals surface area contributed by atoms with Gasteiger partial charge in [-0.05, 0) is 6.92 Å². The fraction of sp³-hybridized carbons (Fsp3) is 0.688. The number of carbonyl (C=O) groups excluding carboxylic acids is 1. The minimum Gasteiger partial charge on any atom is -0.329 e. The Kier molecular flexibility index (Phi) is 4.21. The lowest BCUT2D eigenvalue weighted by Gasteiger charge is -2.23. The summed E-state index contributed by atoms with van der Waals surface area (Å²) in [5.74, 6) is 2.15. The van der Waals surface area contributed by atoms with Gasteiger partial charge < -0.3 is 9.80 Å². The van der Waals surface area contributed by atoms with Gasteiger partial charge in [-0.25, -0.2) is 9.97 Å². The van der Waals surface area contributed by atoms with E-state index in [0.29, 0.717) is 13.2 Å². The number of aromatic nitrogens is 2. The Morgan fingerprint density at radius 1 is 1.29 bits per heavy atom. The summed E-state index contributed by atoms with van der Waals surface area (Å²) in [7, 11) is 0. The standard InChI is InChI=1S/C16H26N4O/c1-7-19-10-20(9-14(19)21)13-8-12(16(4,5)6)17-15(18-13)11(2)3/h8,11H,7,9-10H2,1-6H3. The SMILES string of the molecule is CCN1CN(c2cc(C(C)(C)C)nc(C(C)C)n2)CC1=O. The molecule has 1 aliphatic rings. The van der Waals surface area contributed by atoms with Crippen molar-refractivity contribution < 1.29 is 4.79 Å². The van der Waals surface area contributed by atoms with Crippen LogP contribution in [0.25, 0.3) is 0 Å². The first kappa shape index (κ1) is 15.7. The van der Waals surface area contributed by atoms with Crippen molar-refractivity contribution in [1.82, 2.24) is 14.9 Å². The summed E-state index contributed by atoms with van der Waals surface area (Å²) in [6, 6.07) is 2.03. The Balaban J connectivity index is 2.40. The topological polar surface area (TPSA) is 49.3 Å². The third kappa shape index (κ3) is 3.34. The zero-order valence-electron chi connectivity index (χ0n) is 14.0. The number of likely N-dealkylation sites (N-methyl/N-ethyl adjacent to an activating group) is 1. The van der Waals surface area contributed by atoms with Gasteiger partial charge in [-0.3, -0.25) is 4.79 Å². The van der Waals surface area contributed by atoms with Crippen LogP contribution in [0.2, 0.25) is 0 Å². The fourth-order valence-corrected chi connectivity index (χ4v) is 2.29. The summed E-state index contributed by atoms with van der Waals surface area (Å²) in [5, 5.41) is 0. The second-order valence-corrected chi connectivity index (χ2v) is 6.96. The monoisotopic (exact) mass is 290 g/mol. The molecular formula is C16H26N4O. The lowest BCUT2D eigenvalue weighted by atomic mass is 9.91. The highest BCUT2D eigenvalue weighted by Gasteiger charge is 2.29. The summed E-state index contributed by atoms with van der Waals surface area (Å²) >= 11 is 0. The Labute approximate surface area is 127 Å². The summed E-state index contributed by atoms with van der Waals surface area (Å²) in [6.45, 7) is 14.4. The predicted molar refractivity (Wildman–Crippen MR) is 84.4 cm³/mol. The molecule has 2 heterocycles. The predicted octanol–water partition coefficient (Wildman–Crippen LogP) is 2.52. The average molecular weight is 290 g/mol. The lowest BCUT2D eigenvalue weighted by Crippen LogP contribution is -2.27. The maximum atomic E-state index is 11.9. The zero-order chi connectivity index (χ0) is 15.8. The van der Waals surface area contributed by atoms with Gasteiger partial charge in [0, 0.05) is 23.9 Å². The van der Waals surface area contributed by atoms with E-state index in [1.807, 2.05) is 22.8 Å². The largest absolute Gasteiger partial charge is 0.329 e. The molecule has 0 saturated carbocycles. The van der Waals surface area contributed by atoms with Crippen molar-refractivity contribution in [3.05, 3.63) is 17.6 Å². The molecule has 0 N–H and O–H groups in total. The molecule has 1 saturated heterocycles. The van der Waals surface area contributed by atoms with Crippen molar-refractivity contribution in [2.45, 2.75) is 52.9 Å². The van der Waals surface area contributed by atoms with E-state index < -0.39 is 0 Å². The Morgan fingerprint density at radius 3 is 2.43 bits per heavy atom. The van der Waals surface area contributed by atoms with Gasteiger partial charge in [-0.1, -0.05) is 34.6 Å². The molecule has 0 unspecified atom stereocenters. The van der Waals surface area contributed by atoms with Crippen LogP contribution in [0.15, 0.2) is 6.07 Å². The second-order valence-electron chi connectivity index (χ2n) is 6.96. The molecule has 0 atom stereocenters. The number of rotatable bonds is 3. The summed E-state index contributed by atoms with van der Waals surface area (Å²) in [5.41, 5.74) is 0.994. The van der Waals surface area contributed by atoms with Crippen LogP contribution in [0.3, 0.4) is 0 Å². The molecule has 2 rings (SSSR count). The number of nitrogens with zero attached hydrogens (tertiary/aromatic N) is 4. The molecular weight excluding hydrogens is 264 g/mol.